The smallest absolute Gasteiger partial charge is 0.0787 e. The Kier molecular flexibility index (Phi) is 3.87. The molecule has 2 fully saturated rings. The minimum absolute atomic E-state index is 0.835. The minimum atomic E-state index is 0.835. The van der Waals surface area contributed by atoms with Crippen molar-refractivity contribution in [3.63, 3.8) is 0 Å². The molecule has 4 nitrogen and oxygen atoms in total. The number of hydrogen-bond acceptors (Lipinski definition) is 4. The van der Waals surface area contributed by atoms with Gasteiger partial charge in [-0.05, 0) is 18.9 Å². The second-order valence-corrected chi connectivity index (χ2v) is 5.75. The fourth-order valence-corrected chi connectivity index (χ4v) is 3.44. The molecule has 0 radical (unpaired) electrons. The van der Waals surface area contributed by atoms with E-state index in [1.165, 1.54) is 45.2 Å². The van der Waals surface area contributed by atoms with Crippen LogP contribution in [0.5, 0.6) is 0 Å². The average molecular weight is 260 g/mol. The van der Waals surface area contributed by atoms with Crippen molar-refractivity contribution in [1.29, 1.82) is 0 Å². The van der Waals surface area contributed by atoms with Gasteiger partial charge in [0.25, 0.3) is 0 Å². The fraction of sp³-hybridized carbons (Fsp3) is 0.667. The summed E-state index contributed by atoms with van der Waals surface area (Å²) in [6.45, 7) is 4.48. The van der Waals surface area contributed by atoms with Crippen LogP contribution in [0, 0.1) is 0 Å². The van der Waals surface area contributed by atoms with Crippen LogP contribution in [0.25, 0.3) is 0 Å². The summed E-state index contributed by atoms with van der Waals surface area (Å²) in [7, 11) is 0. The molecule has 4 heteroatoms. The van der Waals surface area contributed by atoms with Gasteiger partial charge in [0.05, 0.1) is 17.6 Å². The summed E-state index contributed by atoms with van der Waals surface area (Å²) in [5.41, 5.74) is 7.98. The van der Waals surface area contributed by atoms with Gasteiger partial charge in [0.2, 0.25) is 0 Å². The van der Waals surface area contributed by atoms with Crippen LogP contribution in [0.2, 0.25) is 0 Å². The van der Waals surface area contributed by atoms with Gasteiger partial charge in [-0.1, -0.05) is 19.3 Å². The summed E-state index contributed by atoms with van der Waals surface area (Å²) >= 11 is 0. The van der Waals surface area contributed by atoms with Crippen molar-refractivity contribution >= 4 is 11.4 Å². The van der Waals surface area contributed by atoms with Crippen LogP contribution >= 0.6 is 0 Å². The third-order valence-electron chi connectivity index (χ3n) is 4.58. The predicted octanol–water partition coefficient (Wildman–Crippen LogP) is 2.12. The number of pyridine rings is 1. The number of nitrogens with zero attached hydrogens (tertiary/aromatic N) is 3. The summed E-state index contributed by atoms with van der Waals surface area (Å²) < 4.78 is 0. The molecule has 1 aliphatic carbocycles. The van der Waals surface area contributed by atoms with E-state index in [2.05, 4.69) is 14.8 Å². The van der Waals surface area contributed by atoms with Crippen LogP contribution in [-0.2, 0) is 0 Å². The van der Waals surface area contributed by atoms with E-state index in [9.17, 15) is 0 Å². The first-order valence-electron chi connectivity index (χ1n) is 7.53. The standard InChI is InChI=1S/C15H24N4/c16-14-6-7-17-12-15(14)19-10-8-18(9-11-19)13-4-2-1-3-5-13/h6-7,12-13H,1-5,8-11H2,(H2,16,17). The number of nitrogen functional groups attached to an aromatic ring is 1. The van der Waals surface area contributed by atoms with Gasteiger partial charge in [0.15, 0.2) is 0 Å². The molecule has 0 amide bonds. The molecule has 0 atom stereocenters. The molecule has 2 N–H and O–H groups in total. The number of aromatic nitrogens is 1. The highest BCUT2D eigenvalue weighted by Crippen LogP contribution is 2.26. The van der Waals surface area contributed by atoms with E-state index in [0.717, 1.165) is 30.5 Å². The first-order chi connectivity index (χ1) is 9.34. The minimum Gasteiger partial charge on any atom is -0.397 e. The van der Waals surface area contributed by atoms with Crippen LogP contribution < -0.4 is 10.6 Å². The molecule has 19 heavy (non-hydrogen) atoms. The molecule has 3 rings (SSSR count). The first-order valence-corrected chi connectivity index (χ1v) is 7.53. The maximum Gasteiger partial charge on any atom is 0.0787 e. The molecule has 0 aromatic carbocycles. The normalized spacial score (nSPS) is 22.6. The van der Waals surface area contributed by atoms with E-state index in [1.54, 1.807) is 6.20 Å². The number of hydrogen-bond donors (Lipinski definition) is 1. The lowest BCUT2D eigenvalue weighted by Gasteiger charge is -2.41. The second-order valence-electron chi connectivity index (χ2n) is 5.75. The Hall–Kier alpha value is -1.29. The molecule has 1 saturated heterocycles. The number of anilines is 2. The van der Waals surface area contributed by atoms with Crippen LogP contribution in [-0.4, -0.2) is 42.1 Å². The molecule has 1 aliphatic heterocycles. The quantitative estimate of drug-likeness (QED) is 0.884. The Bertz CT molecular complexity index is 406. The zero-order chi connectivity index (χ0) is 13.1. The molecule has 1 aromatic rings. The van der Waals surface area contributed by atoms with E-state index in [1.807, 2.05) is 12.3 Å². The topological polar surface area (TPSA) is 45.4 Å². The monoisotopic (exact) mass is 260 g/mol. The molecule has 0 spiro atoms. The summed E-state index contributed by atoms with van der Waals surface area (Å²) in [6, 6.07) is 2.73. The zero-order valence-corrected chi connectivity index (χ0v) is 11.6. The highest BCUT2D eigenvalue weighted by atomic mass is 15.3. The van der Waals surface area contributed by atoms with Crippen molar-refractivity contribution < 1.29 is 0 Å². The molecule has 0 bridgehead atoms. The maximum atomic E-state index is 6.03. The molecule has 2 aliphatic rings. The zero-order valence-electron chi connectivity index (χ0n) is 11.6. The van der Waals surface area contributed by atoms with Crippen molar-refractivity contribution in [2.75, 3.05) is 36.8 Å². The molecular weight excluding hydrogens is 236 g/mol. The predicted molar refractivity (Wildman–Crippen MR) is 79.3 cm³/mol. The van der Waals surface area contributed by atoms with Gasteiger partial charge in [-0.3, -0.25) is 9.88 Å². The fourth-order valence-electron chi connectivity index (χ4n) is 3.44. The van der Waals surface area contributed by atoms with Crippen LogP contribution in [0.1, 0.15) is 32.1 Å². The van der Waals surface area contributed by atoms with Gasteiger partial charge in [0.1, 0.15) is 0 Å². The average Bonchev–Trinajstić information content (AvgIpc) is 2.49. The Morgan fingerprint density at radius 3 is 2.47 bits per heavy atom. The van der Waals surface area contributed by atoms with E-state index in [0.29, 0.717) is 0 Å². The van der Waals surface area contributed by atoms with Gasteiger partial charge < -0.3 is 10.6 Å². The summed E-state index contributed by atoms with van der Waals surface area (Å²) in [6.07, 6.45) is 10.7. The lowest BCUT2D eigenvalue weighted by atomic mass is 9.94. The third-order valence-corrected chi connectivity index (χ3v) is 4.58. The molecular formula is C15H24N4. The Balaban J connectivity index is 1.58. The van der Waals surface area contributed by atoms with E-state index in [4.69, 9.17) is 5.73 Å². The van der Waals surface area contributed by atoms with Crippen molar-refractivity contribution in [3.05, 3.63) is 18.5 Å². The van der Waals surface area contributed by atoms with Gasteiger partial charge in [-0.15, -0.1) is 0 Å². The highest BCUT2D eigenvalue weighted by Gasteiger charge is 2.25. The summed E-state index contributed by atoms with van der Waals surface area (Å²) in [5, 5.41) is 0. The van der Waals surface area contributed by atoms with Gasteiger partial charge in [-0.25, -0.2) is 0 Å². The second kappa shape index (κ2) is 5.78. The maximum absolute atomic E-state index is 6.03. The number of piperazine rings is 1. The lowest BCUT2D eigenvalue weighted by Crippen LogP contribution is -2.51. The van der Waals surface area contributed by atoms with Crippen LogP contribution in [0.4, 0.5) is 11.4 Å². The van der Waals surface area contributed by atoms with Gasteiger partial charge in [-0.2, -0.15) is 0 Å². The Labute approximate surface area is 115 Å². The first kappa shape index (κ1) is 12.7. The van der Waals surface area contributed by atoms with Crippen molar-refractivity contribution in [2.24, 2.45) is 0 Å². The lowest BCUT2D eigenvalue weighted by molar-refractivity contribution is 0.148. The van der Waals surface area contributed by atoms with E-state index < -0.39 is 0 Å². The summed E-state index contributed by atoms with van der Waals surface area (Å²) in [4.78, 5) is 9.25. The molecule has 2 heterocycles. The number of nitrogens with two attached hydrogens (primary N) is 1. The Morgan fingerprint density at radius 2 is 1.79 bits per heavy atom. The summed E-state index contributed by atoms with van der Waals surface area (Å²) in [5.74, 6) is 0. The van der Waals surface area contributed by atoms with Crippen molar-refractivity contribution in [3.8, 4) is 0 Å². The highest BCUT2D eigenvalue weighted by molar-refractivity contribution is 5.66. The largest absolute Gasteiger partial charge is 0.397 e. The molecule has 104 valence electrons. The van der Waals surface area contributed by atoms with Crippen LogP contribution in [0.3, 0.4) is 0 Å². The van der Waals surface area contributed by atoms with Gasteiger partial charge >= 0.3 is 0 Å². The molecule has 1 saturated carbocycles. The van der Waals surface area contributed by atoms with E-state index in [-0.39, 0.29) is 0 Å². The van der Waals surface area contributed by atoms with Gasteiger partial charge in [0, 0.05) is 38.4 Å². The van der Waals surface area contributed by atoms with Crippen molar-refractivity contribution in [1.82, 2.24) is 9.88 Å². The van der Waals surface area contributed by atoms with E-state index >= 15 is 0 Å². The SMILES string of the molecule is Nc1ccncc1N1CCN(C2CCCCC2)CC1. The molecule has 1 aromatic heterocycles. The Morgan fingerprint density at radius 1 is 1.05 bits per heavy atom. The third kappa shape index (κ3) is 2.84. The molecule has 0 unspecified atom stereocenters. The van der Waals surface area contributed by atoms with Crippen LogP contribution in [0.15, 0.2) is 18.5 Å². The number of rotatable bonds is 2. The van der Waals surface area contributed by atoms with Crippen molar-refractivity contribution in [2.45, 2.75) is 38.1 Å².